The largest absolute Gasteiger partial charge is 0.354 e. The molecular formula is C21H31N3O2. The van der Waals surface area contributed by atoms with E-state index in [1.165, 1.54) is 19.3 Å². The summed E-state index contributed by atoms with van der Waals surface area (Å²) in [6.07, 6.45) is 10.9. The molecule has 0 radical (unpaired) electrons. The molecule has 26 heavy (non-hydrogen) atoms. The zero-order chi connectivity index (χ0) is 18.3. The average Bonchev–Trinajstić information content (AvgIpc) is 3.23. The van der Waals surface area contributed by atoms with Gasteiger partial charge in [-0.05, 0) is 45.1 Å². The van der Waals surface area contributed by atoms with Crippen LogP contribution in [-0.2, 0) is 11.8 Å². The molecule has 2 saturated heterocycles. The third-order valence-electron chi connectivity index (χ3n) is 7.04. The Morgan fingerprint density at radius 2 is 1.88 bits per heavy atom. The highest BCUT2D eigenvalue weighted by molar-refractivity contribution is 5.96. The SMILES string of the molecule is Cc1c(C(=O)N2CC[C@@]3(CCCN(C4CCCCC4)C3=O)C2)ccn1C. The van der Waals surface area contributed by atoms with Gasteiger partial charge in [-0.15, -0.1) is 0 Å². The molecule has 1 aliphatic carbocycles. The van der Waals surface area contributed by atoms with Gasteiger partial charge in [-0.2, -0.15) is 0 Å². The normalized spacial score (nSPS) is 27.5. The molecule has 3 fully saturated rings. The first-order valence-corrected chi connectivity index (χ1v) is 10.2. The molecule has 3 heterocycles. The van der Waals surface area contributed by atoms with Gasteiger partial charge in [-0.1, -0.05) is 19.3 Å². The van der Waals surface area contributed by atoms with Crippen molar-refractivity contribution >= 4 is 11.8 Å². The van der Waals surface area contributed by atoms with Crippen LogP contribution in [0.1, 0.15) is 67.4 Å². The molecule has 3 aliphatic rings. The first-order valence-electron chi connectivity index (χ1n) is 10.2. The van der Waals surface area contributed by atoms with Gasteiger partial charge in [0, 0.05) is 44.6 Å². The smallest absolute Gasteiger partial charge is 0.255 e. The molecule has 0 unspecified atom stereocenters. The zero-order valence-electron chi connectivity index (χ0n) is 16.2. The van der Waals surface area contributed by atoms with Crippen LogP contribution >= 0.6 is 0 Å². The lowest BCUT2D eigenvalue weighted by Crippen LogP contribution is -2.54. The van der Waals surface area contributed by atoms with Gasteiger partial charge in [0.25, 0.3) is 5.91 Å². The van der Waals surface area contributed by atoms with Crippen LogP contribution in [-0.4, -0.2) is 51.9 Å². The molecule has 1 saturated carbocycles. The highest BCUT2D eigenvalue weighted by Crippen LogP contribution is 2.42. The lowest BCUT2D eigenvalue weighted by molar-refractivity contribution is -0.149. The molecule has 5 nitrogen and oxygen atoms in total. The minimum Gasteiger partial charge on any atom is -0.354 e. The van der Waals surface area contributed by atoms with Crippen LogP contribution in [0.2, 0.25) is 0 Å². The number of amides is 2. The van der Waals surface area contributed by atoms with Crippen molar-refractivity contribution in [3.05, 3.63) is 23.5 Å². The second-order valence-corrected chi connectivity index (χ2v) is 8.58. The maximum atomic E-state index is 13.4. The van der Waals surface area contributed by atoms with Gasteiger partial charge in [0.15, 0.2) is 0 Å². The summed E-state index contributed by atoms with van der Waals surface area (Å²) in [6, 6.07) is 2.34. The Hall–Kier alpha value is -1.78. The number of aromatic nitrogens is 1. The Kier molecular flexibility index (Phi) is 4.57. The van der Waals surface area contributed by atoms with E-state index in [4.69, 9.17) is 0 Å². The number of likely N-dealkylation sites (tertiary alicyclic amines) is 2. The summed E-state index contributed by atoms with van der Waals surface area (Å²) < 4.78 is 1.98. The summed E-state index contributed by atoms with van der Waals surface area (Å²) in [5.41, 5.74) is 1.44. The Morgan fingerprint density at radius 3 is 2.58 bits per heavy atom. The summed E-state index contributed by atoms with van der Waals surface area (Å²) in [5, 5.41) is 0. The van der Waals surface area contributed by atoms with Crippen LogP contribution in [0, 0.1) is 12.3 Å². The van der Waals surface area contributed by atoms with Crippen molar-refractivity contribution in [2.75, 3.05) is 19.6 Å². The molecule has 1 aromatic heterocycles. The van der Waals surface area contributed by atoms with Gasteiger partial charge in [0.2, 0.25) is 5.91 Å². The summed E-state index contributed by atoms with van der Waals surface area (Å²) in [4.78, 5) is 30.5. The Morgan fingerprint density at radius 1 is 1.12 bits per heavy atom. The number of rotatable bonds is 2. The fraction of sp³-hybridized carbons (Fsp3) is 0.714. The predicted molar refractivity (Wildman–Crippen MR) is 101 cm³/mol. The molecule has 5 heteroatoms. The van der Waals surface area contributed by atoms with Crippen molar-refractivity contribution in [1.82, 2.24) is 14.4 Å². The van der Waals surface area contributed by atoms with Crippen molar-refractivity contribution in [2.45, 2.75) is 64.3 Å². The molecule has 2 aliphatic heterocycles. The van der Waals surface area contributed by atoms with Crippen molar-refractivity contribution in [1.29, 1.82) is 0 Å². The minimum atomic E-state index is -0.325. The maximum Gasteiger partial charge on any atom is 0.255 e. The Bertz CT molecular complexity index is 704. The molecule has 142 valence electrons. The first kappa shape index (κ1) is 17.6. The van der Waals surface area contributed by atoms with Crippen molar-refractivity contribution in [3.8, 4) is 0 Å². The third kappa shape index (κ3) is 2.85. The van der Waals surface area contributed by atoms with E-state index in [2.05, 4.69) is 4.90 Å². The molecular weight excluding hydrogens is 326 g/mol. The minimum absolute atomic E-state index is 0.0857. The van der Waals surface area contributed by atoms with Gasteiger partial charge in [-0.3, -0.25) is 9.59 Å². The van der Waals surface area contributed by atoms with Crippen LogP contribution < -0.4 is 0 Å². The predicted octanol–water partition coefficient (Wildman–Crippen LogP) is 3.12. The van der Waals surface area contributed by atoms with Crippen molar-refractivity contribution in [2.24, 2.45) is 12.5 Å². The number of piperidine rings is 1. The Balaban J connectivity index is 1.50. The zero-order valence-corrected chi connectivity index (χ0v) is 16.2. The highest BCUT2D eigenvalue weighted by atomic mass is 16.2. The molecule has 1 atom stereocenters. The van der Waals surface area contributed by atoms with Crippen LogP contribution in [0.5, 0.6) is 0 Å². The number of carbonyl (C=O) groups excluding carboxylic acids is 2. The topological polar surface area (TPSA) is 45.6 Å². The van der Waals surface area contributed by atoms with E-state index in [0.717, 1.165) is 49.9 Å². The maximum absolute atomic E-state index is 13.4. The second kappa shape index (κ2) is 6.75. The fourth-order valence-electron chi connectivity index (χ4n) is 5.27. The quantitative estimate of drug-likeness (QED) is 0.816. The fourth-order valence-corrected chi connectivity index (χ4v) is 5.27. The monoisotopic (exact) mass is 357 g/mol. The van der Waals surface area contributed by atoms with E-state index in [0.29, 0.717) is 25.0 Å². The van der Waals surface area contributed by atoms with Crippen LogP contribution in [0.3, 0.4) is 0 Å². The number of hydrogen-bond donors (Lipinski definition) is 0. The molecule has 1 aromatic rings. The van der Waals surface area contributed by atoms with Crippen LogP contribution in [0.25, 0.3) is 0 Å². The molecule has 0 N–H and O–H groups in total. The van der Waals surface area contributed by atoms with E-state index in [9.17, 15) is 9.59 Å². The van der Waals surface area contributed by atoms with Crippen LogP contribution in [0.15, 0.2) is 12.3 Å². The summed E-state index contributed by atoms with van der Waals surface area (Å²) >= 11 is 0. The molecule has 0 aromatic carbocycles. The van der Waals surface area contributed by atoms with Crippen molar-refractivity contribution in [3.63, 3.8) is 0 Å². The molecule has 0 bridgehead atoms. The lowest BCUT2D eigenvalue weighted by atomic mass is 9.77. The molecule has 1 spiro atoms. The second-order valence-electron chi connectivity index (χ2n) is 8.58. The summed E-state index contributed by atoms with van der Waals surface area (Å²) in [7, 11) is 1.96. The highest BCUT2D eigenvalue weighted by Gasteiger charge is 2.50. The van der Waals surface area contributed by atoms with E-state index < -0.39 is 0 Å². The summed E-state index contributed by atoms with van der Waals surface area (Å²) in [5.74, 6) is 0.415. The number of carbonyl (C=O) groups is 2. The van der Waals surface area contributed by atoms with Gasteiger partial charge >= 0.3 is 0 Å². The van der Waals surface area contributed by atoms with Crippen molar-refractivity contribution < 1.29 is 9.59 Å². The van der Waals surface area contributed by atoms with Crippen LogP contribution in [0.4, 0.5) is 0 Å². The van der Waals surface area contributed by atoms with E-state index in [-0.39, 0.29) is 11.3 Å². The van der Waals surface area contributed by atoms with E-state index >= 15 is 0 Å². The standard InChI is InChI=1S/C21H31N3O2/c1-16-18(9-13-22(16)2)19(25)23-14-11-21(15-23)10-6-12-24(20(21)26)17-7-4-3-5-8-17/h9,13,17H,3-8,10-12,14-15H2,1-2H3/t21-/m0/s1. The third-order valence-corrected chi connectivity index (χ3v) is 7.04. The van der Waals surface area contributed by atoms with Gasteiger partial charge in [0.05, 0.1) is 11.0 Å². The molecule has 4 rings (SSSR count). The summed E-state index contributed by atoms with van der Waals surface area (Å²) in [6.45, 7) is 4.20. The van der Waals surface area contributed by atoms with Gasteiger partial charge in [-0.25, -0.2) is 0 Å². The number of hydrogen-bond acceptors (Lipinski definition) is 2. The average molecular weight is 357 g/mol. The molecule has 2 amide bonds. The Labute approximate surface area is 156 Å². The van der Waals surface area contributed by atoms with Gasteiger partial charge < -0.3 is 14.4 Å². The van der Waals surface area contributed by atoms with E-state index in [1.807, 2.05) is 35.7 Å². The van der Waals surface area contributed by atoms with E-state index in [1.54, 1.807) is 0 Å². The lowest BCUT2D eigenvalue weighted by Gasteiger charge is -2.44. The number of aryl methyl sites for hydroxylation is 1. The first-order chi connectivity index (χ1) is 12.5. The van der Waals surface area contributed by atoms with Gasteiger partial charge in [0.1, 0.15) is 0 Å². The number of nitrogens with zero attached hydrogens (tertiary/aromatic N) is 3.